The summed E-state index contributed by atoms with van der Waals surface area (Å²) in [6, 6.07) is 6.95. The molecule has 1 heterocycles. The summed E-state index contributed by atoms with van der Waals surface area (Å²) in [5, 5.41) is 0.413. The van der Waals surface area contributed by atoms with Crippen LogP contribution < -0.4 is 0 Å². The highest BCUT2D eigenvalue weighted by Crippen LogP contribution is 2.28. The Morgan fingerprint density at radius 1 is 1.32 bits per heavy atom. The Kier molecular flexibility index (Phi) is 6.15. The van der Waals surface area contributed by atoms with Crippen molar-refractivity contribution in [3.8, 4) is 0 Å². The number of amides is 1. The average Bonchev–Trinajstić information content (AvgIpc) is 2.55. The van der Waals surface area contributed by atoms with Crippen molar-refractivity contribution in [1.82, 2.24) is 4.90 Å². The Morgan fingerprint density at radius 2 is 2.00 bits per heavy atom. The molecule has 0 radical (unpaired) electrons. The molecule has 1 saturated heterocycles. The number of thioether (sulfide) groups is 1. The third-order valence-corrected chi connectivity index (χ3v) is 5.08. The first-order chi connectivity index (χ1) is 10.5. The predicted molar refractivity (Wildman–Crippen MR) is 88.1 cm³/mol. The van der Waals surface area contributed by atoms with Crippen LogP contribution in [0.3, 0.4) is 0 Å². The van der Waals surface area contributed by atoms with Crippen LogP contribution >= 0.6 is 23.4 Å². The lowest BCUT2D eigenvalue weighted by molar-refractivity contribution is -0.154. The Morgan fingerprint density at radius 3 is 2.64 bits per heavy atom. The molecule has 22 heavy (non-hydrogen) atoms. The van der Waals surface area contributed by atoms with Gasteiger partial charge in [-0.15, -0.1) is 11.8 Å². The van der Waals surface area contributed by atoms with Gasteiger partial charge in [0.05, 0.1) is 12.4 Å². The molecular formula is C16H20ClNO3S. The van der Waals surface area contributed by atoms with E-state index in [0.29, 0.717) is 18.0 Å². The summed E-state index contributed by atoms with van der Waals surface area (Å²) in [5.41, 5.74) is 0. The van der Waals surface area contributed by atoms with Gasteiger partial charge in [0.15, 0.2) is 0 Å². The zero-order valence-corrected chi connectivity index (χ0v) is 14.3. The standard InChI is InChI=1S/C16H20ClNO3S/c1-11(22-13-8-6-12(17)7-9-13)15(19)18-10-4-3-5-14(18)16(20)21-2/h6-9,11,14H,3-5,10H2,1-2H3. The van der Waals surface area contributed by atoms with Gasteiger partial charge in [-0.25, -0.2) is 4.79 Å². The van der Waals surface area contributed by atoms with Crippen LogP contribution in [-0.2, 0) is 14.3 Å². The molecular weight excluding hydrogens is 322 g/mol. The van der Waals surface area contributed by atoms with Crippen LogP contribution in [0.1, 0.15) is 26.2 Å². The van der Waals surface area contributed by atoms with Crippen LogP contribution in [0.25, 0.3) is 0 Å². The van der Waals surface area contributed by atoms with Crippen molar-refractivity contribution in [2.24, 2.45) is 0 Å². The average molecular weight is 342 g/mol. The highest BCUT2D eigenvalue weighted by atomic mass is 35.5. The van der Waals surface area contributed by atoms with Crippen molar-refractivity contribution >= 4 is 35.2 Å². The quantitative estimate of drug-likeness (QED) is 0.622. The maximum Gasteiger partial charge on any atom is 0.328 e. The normalized spacial score (nSPS) is 19.6. The summed E-state index contributed by atoms with van der Waals surface area (Å²) in [4.78, 5) is 27.2. The molecule has 0 bridgehead atoms. The number of carbonyl (C=O) groups excluding carboxylic acids is 2. The summed E-state index contributed by atoms with van der Waals surface area (Å²) in [7, 11) is 1.37. The first kappa shape index (κ1) is 17.2. The summed E-state index contributed by atoms with van der Waals surface area (Å²) < 4.78 is 4.83. The number of hydrogen-bond donors (Lipinski definition) is 0. The van der Waals surface area contributed by atoms with E-state index in [9.17, 15) is 9.59 Å². The van der Waals surface area contributed by atoms with E-state index in [1.807, 2.05) is 19.1 Å². The van der Waals surface area contributed by atoms with Crippen molar-refractivity contribution in [2.75, 3.05) is 13.7 Å². The van der Waals surface area contributed by atoms with E-state index in [2.05, 4.69) is 0 Å². The zero-order valence-electron chi connectivity index (χ0n) is 12.8. The number of hydrogen-bond acceptors (Lipinski definition) is 4. The van der Waals surface area contributed by atoms with Crippen LogP contribution in [0.4, 0.5) is 0 Å². The maximum absolute atomic E-state index is 12.7. The molecule has 1 aliphatic rings. The fraction of sp³-hybridized carbons (Fsp3) is 0.500. The molecule has 0 aromatic heterocycles. The molecule has 2 unspecified atom stereocenters. The molecule has 4 nitrogen and oxygen atoms in total. The molecule has 2 rings (SSSR count). The van der Waals surface area contributed by atoms with Crippen LogP contribution in [0, 0.1) is 0 Å². The summed E-state index contributed by atoms with van der Waals surface area (Å²) in [5.74, 6) is -0.341. The number of carbonyl (C=O) groups is 2. The van der Waals surface area contributed by atoms with Gasteiger partial charge in [-0.2, -0.15) is 0 Å². The number of methoxy groups -OCH3 is 1. The Hall–Kier alpha value is -1.20. The van der Waals surface area contributed by atoms with Gasteiger partial charge < -0.3 is 9.64 Å². The molecule has 0 spiro atoms. The third-order valence-electron chi connectivity index (χ3n) is 3.73. The molecule has 1 aliphatic heterocycles. The van der Waals surface area contributed by atoms with Gasteiger partial charge in [0, 0.05) is 16.5 Å². The van der Waals surface area contributed by atoms with Gasteiger partial charge in [0.25, 0.3) is 0 Å². The lowest BCUT2D eigenvalue weighted by Crippen LogP contribution is -2.50. The molecule has 6 heteroatoms. The van der Waals surface area contributed by atoms with Crippen LogP contribution in [-0.4, -0.2) is 41.7 Å². The molecule has 0 aliphatic carbocycles. The molecule has 1 fully saturated rings. The predicted octanol–water partition coefficient (Wildman–Crippen LogP) is 3.37. The molecule has 1 amide bonds. The number of benzene rings is 1. The van der Waals surface area contributed by atoms with E-state index < -0.39 is 6.04 Å². The molecule has 0 N–H and O–H groups in total. The van der Waals surface area contributed by atoms with Gasteiger partial charge in [-0.1, -0.05) is 11.6 Å². The van der Waals surface area contributed by atoms with Crippen LogP contribution in [0.2, 0.25) is 5.02 Å². The minimum absolute atomic E-state index is 0.0185. The number of ether oxygens (including phenoxy) is 1. The van der Waals surface area contributed by atoms with E-state index in [1.165, 1.54) is 18.9 Å². The maximum atomic E-state index is 12.7. The monoisotopic (exact) mass is 341 g/mol. The van der Waals surface area contributed by atoms with E-state index in [1.54, 1.807) is 17.0 Å². The Balaban J connectivity index is 2.04. The van der Waals surface area contributed by atoms with E-state index in [0.717, 1.165) is 17.7 Å². The minimum Gasteiger partial charge on any atom is -0.467 e. The Labute approximate surface area is 140 Å². The molecule has 1 aromatic carbocycles. The van der Waals surface area contributed by atoms with Crippen molar-refractivity contribution < 1.29 is 14.3 Å². The minimum atomic E-state index is -0.445. The second kappa shape index (κ2) is 7.88. The number of piperidine rings is 1. The fourth-order valence-electron chi connectivity index (χ4n) is 2.58. The topological polar surface area (TPSA) is 46.6 Å². The molecule has 0 saturated carbocycles. The second-order valence-electron chi connectivity index (χ2n) is 5.28. The van der Waals surface area contributed by atoms with Gasteiger partial charge in [-0.3, -0.25) is 4.79 Å². The van der Waals surface area contributed by atoms with Gasteiger partial charge in [0.2, 0.25) is 5.91 Å². The van der Waals surface area contributed by atoms with Crippen molar-refractivity contribution in [3.63, 3.8) is 0 Å². The van der Waals surface area contributed by atoms with Crippen molar-refractivity contribution in [2.45, 2.75) is 42.4 Å². The van der Waals surface area contributed by atoms with Gasteiger partial charge in [-0.05, 0) is 50.5 Å². The summed E-state index contributed by atoms with van der Waals surface area (Å²) in [6.45, 7) is 2.48. The van der Waals surface area contributed by atoms with E-state index in [-0.39, 0.29) is 17.1 Å². The van der Waals surface area contributed by atoms with E-state index in [4.69, 9.17) is 16.3 Å². The lowest BCUT2D eigenvalue weighted by Gasteiger charge is -2.35. The number of esters is 1. The summed E-state index contributed by atoms with van der Waals surface area (Å²) in [6.07, 6.45) is 2.55. The van der Waals surface area contributed by atoms with Gasteiger partial charge >= 0.3 is 5.97 Å². The smallest absolute Gasteiger partial charge is 0.328 e. The number of halogens is 1. The third kappa shape index (κ3) is 4.17. The summed E-state index contributed by atoms with van der Waals surface area (Å²) >= 11 is 7.34. The van der Waals surface area contributed by atoms with Crippen LogP contribution in [0.15, 0.2) is 29.2 Å². The molecule has 120 valence electrons. The highest BCUT2D eigenvalue weighted by Gasteiger charge is 2.34. The lowest BCUT2D eigenvalue weighted by atomic mass is 10.0. The second-order valence-corrected chi connectivity index (χ2v) is 7.13. The first-order valence-electron chi connectivity index (χ1n) is 7.33. The number of nitrogens with zero attached hydrogens (tertiary/aromatic N) is 1. The largest absolute Gasteiger partial charge is 0.467 e. The number of likely N-dealkylation sites (tertiary alicyclic amines) is 1. The van der Waals surface area contributed by atoms with Crippen molar-refractivity contribution in [3.05, 3.63) is 29.3 Å². The zero-order chi connectivity index (χ0) is 16.1. The van der Waals surface area contributed by atoms with Crippen LogP contribution in [0.5, 0.6) is 0 Å². The Bertz CT molecular complexity index is 535. The molecule has 1 aromatic rings. The van der Waals surface area contributed by atoms with E-state index >= 15 is 0 Å². The number of rotatable bonds is 4. The highest BCUT2D eigenvalue weighted by molar-refractivity contribution is 8.00. The SMILES string of the molecule is COC(=O)C1CCCCN1C(=O)C(C)Sc1ccc(Cl)cc1. The van der Waals surface area contributed by atoms with Crippen molar-refractivity contribution in [1.29, 1.82) is 0 Å². The van der Waals surface area contributed by atoms with Gasteiger partial charge in [0.1, 0.15) is 6.04 Å². The fourth-order valence-corrected chi connectivity index (χ4v) is 3.64. The molecule has 2 atom stereocenters. The first-order valence-corrected chi connectivity index (χ1v) is 8.59.